The highest BCUT2D eigenvalue weighted by Crippen LogP contribution is 2.35. The van der Waals surface area contributed by atoms with Crippen LogP contribution in [-0.2, 0) is 0 Å². The van der Waals surface area contributed by atoms with Crippen LogP contribution in [-0.4, -0.2) is 36.1 Å². The standard InChI is InChI=1S/C18H23ClN2/c1-2-18-10-4-7-17(21(18)12-11-20-14-18)9-8-15-5-3-6-16(19)13-15/h3,5-6,13,17,20H,2,4,7,10-12,14H2,1H3/t17-,18+/m1/s1. The summed E-state index contributed by atoms with van der Waals surface area (Å²) in [4.78, 5) is 2.66. The number of fused-ring (bicyclic) bond motifs is 1. The van der Waals surface area contributed by atoms with Crippen molar-refractivity contribution in [1.29, 1.82) is 0 Å². The van der Waals surface area contributed by atoms with Crippen molar-refractivity contribution in [2.45, 2.75) is 44.2 Å². The molecule has 2 atom stereocenters. The molecule has 0 amide bonds. The van der Waals surface area contributed by atoms with Crippen molar-refractivity contribution < 1.29 is 0 Å². The second kappa shape index (κ2) is 6.40. The van der Waals surface area contributed by atoms with Crippen LogP contribution in [0.3, 0.4) is 0 Å². The van der Waals surface area contributed by atoms with Crippen LogP contribution in [0.15, 0.2) is 24.3 Å². The summed E-state index contributed by atoms with van der Waals surface area (Å²) < 4.78 is 0. The van der Waals surface area contributed by atoms with Gasteiger partial charge in [-0.05, 0) is 43.9 Å². The Balaban J connectivity index is 1.82. The molecule has 2 nitrogen and oxygen atoms in total. The van der Waals surface area contributed by atoms with Gasteiger partial charge in [0.2, 0.25) is 0 Å². The van der Waals surface area contributed by atoms with E-state index in [-0.39, 0.29) is 0 Å². The van der Waals surface area contributed by atoms with Gasteiger partial charge in [-0.3, -0.25) is 4.90 Å². The normalized spacial score (nSPS) is 29.3. The van der Waals surface area contributed by atoms with Crippen molar-refractivity contribution in [2.75, 3.05) is 19.6 Å². The number of benzene rings is 1. The molecule has 2 aliphatic heterocycles. The molecule has 112 valence electrons. The number of nitrogens with one attached hydrogen (secondary N) is 1. The van der Waals surface area contributed by atoms with E-state index in [0.717, 1.165) is 30.2 Å². The molecule has 1 N–H and O–H groups in total. The van der Waals surface area contributed by atoms with Crippen LogP contribution in [0.1, 0.15) is 38.2 Å². The second-order valence-corrected chi connectivity index (χ2v) is 6.57. The fraction of sp³-hybridized carbons (Fsp3) is 0.556. The lowest BCUT2D eigenvalue weighted by Crippen LogP contribution is -2.65. The first-order valence-corrected chi connectivity index (χ1v) is 8.36. The summed E-state index contributed by atoms with van der Waals surface area (Å²) in [5, 5.41) is 4.33. The van der Waals surface area contributed by atoms with Crippen molar-refractivity contribution >= 4 is 11.6 Å². The first kappa shape index (κ1) is 14.9. The molecule has 0 aliphatic carbocycles. The average molecular weight is 303 g/mol. The lowest BCUT2D eigenvalue weighted by atomic mass is 9.80. The minimum Gasteiger partial charge on any atom is -0.314 e. The van der Waals surface area contributed by atoms with Gasteiger partial charge in [0.25, 0.3) is 0 Å². The highest BCUT2D eigenvalue weighted by Gasteiger charge is 2.42. The van der Waals surface area contributed by atoms with E-state index in [9.17, 15) is 0 Å². The highest BCUT2D eigenvalue weighted by molar-refractivity contribution is 6.30. The molecule has 0 saturated carbocycles. The molecular weight excluding hydrogens is 280 g/mol. The van der Waals surface area contributed by atoms with Crippen molar-refractivity contribution in [3.05, 3.63) is 34.9 Å². The topological polar surface area (TPSA) is 15.3 Å². The lowest BCUT2D eigenvalue weighted by Gasteiger charge is -2.53. The molecular formula is C18H23ClN2. The van der Waals surface area contributed by atoms with Crippen LogP contribution in [0.25, 0.3) is 0 Å². The van der Waals surface area contributed by atoms with E-state index in [0.29, 0.717) is 11.6 Å². The summed E-state index contributed by atoms with van der Waals surface area (Å²) in [5.74, 6) is 6.85. The molecule has 0 bridgehead atoms. The fourth-order valence-electron chi connectivity index (χ4n) is 3.75. The summed E-state index contributed by atoms with van der Waals surface area (Å²) >= 11 is 6.04. The Morgan fingerprint density at radius 1 is 1.48 bits per heavy atom. The van der Waals surface area contributed by atoms with Gasteiger partial charge >= 0.3 is 0 Å². The van der Waals surface area contributed by atoms with Crippen LogP contribution in [0.2, 0.25) is 5.02 Å². The van der Waals surface area contributed by atoms with Crippen molar-refractivity contribution in [2.24, 2.45) is 0 Å². The lowest BCUT2D eigenvalue weighted by molar-refractivity contribution is -0.00221. The number of nitrogens with zero attached hydrogens (tertiary/aromatic N) is 1. The zero-order valence-corrected chi connectivity index (χ0v) is 13.4. The SMILES string of the molecule is CC[C@@]12CCC[C@H](C#Cc3cccc(Cl)c3)N1CCNC2. The van der Waals surface area contributed by atoms with Gasteiger partial charge in [-0.15, -0.1) is 0 Å². The summed E-state index contributed by atoms with van der Waals surface area (Å²) in [6.07, 6.45) is 4.97. The Morgan fingerprint density at radius 2 is 2.38 bits per heavy atom. The summed E-state index contributed by atoms with van der Waals surface area (Å²) in [6.45, 7) is 5.62. The van der Waals surface area contributed by atoms with Gasteiger partial charge in [-0.25, -0.2) is 0 Å². The van der Waals surface area contributed by atoms with Gasteiger partial charge in [0.05, 0.1) is 6.04 Å². The maximum atomic E-state index is 6.04. The van der Waals surface area contributed by atoms with Gasteiger partial charge in [-0.2, -0.15) is 0 Å². The van der Waals surface area contributed by atoms with Crippen LogP contribution in [0, 0.1) is 11.8 Å². The number of halogens is 1. The maximum Gasteiger partial charge on any atom is 0.0723 e. The van der Waals surface area contributed by atoms with Crippen LogP contribution in [0.4, 0.5) is 0 Å². The third-order valence-electron chi connectivity index (χ3n) is 4.95. The summed E-state index contributed by atoms with van der Waals surface area (Å²) in [7, 11) is 0. The zero-order valence-electron chi connectivity index (χ0n) is 12.7. The van der Waals surface area contributed by atoms with Crippen molar-refractivity contribution in [1.82, 2.24) is 10.2 Å². The zero-order chi connectivity index (χ0) is 14.7. The van der Waals surface area contributed by atoms with Gasteiger partial charge in [0.15, 0.2) is 0 Å². The molecule has 2 fully saturated rings. The van der Waals surface area contributed by atoms with E-state index in [1.807, 2.05) is 24.3 Å². The molecule has 21 heavy (non-hydrogen) atoms. The largest absolute Gasteiger partial charge is 0.314 e. The number of rotatable bonds is 1. The third kappa shape index (κ3) is 3.11. The molecule has 1 aromatic rings. The van der Waals surface area contributed by atoms with Gasteiger partial charge in [0, 0.05) is 35.8 Å². The van der Waals surface area contributed by atoms with Gasteiger partial charge in [-0.1, -0.05) is 36.4 Å². The van der Waals surface area contributed by atoms with E-state index in [1.165, 1.54) is 25.7 Å². The van der Waals surface area contributed by atoms with E-state index >= 15 is 0 Å². The van der Waals surface area contributed by atoms with Crippen LogP contribution >= 0.6 is 11.6 Å². The Hall–Kier alpha value is -1.01. The van der Waals surface area contributed by atoms with Gasteiger partial charge < -0.3 is 5.32 Å². The molecule has 2 aliphatic rings. The first-order valence-electron chi connectivity index (χ1n) is 7.98. The maximum absolute atomic E-state index is 6.04. The molecule has 3 heteroatoms. The minimum atomic E-state index is 0.324. The van der Waals surface area contributed by atoms with Crippen molar-refractivity contribution in [3.63, 3.8) is 0 Å². The van der Waals surface area contributed by atoms with E-state index < -0.39 is 0 Å². The molecule has 0 aromatic heterocycles. The predicted octanol–water partition coefficient (Wildman–Crippen LogP) is 3.30. The molecule has 0 unspecified atom stereocenters. The molecule has 2 heterocycles. The summed E-state index contributed by atoms with van der Waals surface area (Å²) in [6, 6.07) is 8.23. The molecule has 1 aromatic carbocycles. The average Bonchev–Trinajstić information content (AvgIpc) is 2.53. The molecule has 0 radical (unpaired) electrons. The second-order valence-electron chi connectivity index (χ2n) is 6.14. The minimum absolute atomic E-state index is 0.324. The van der Waals surface area contributed by atoms with E-state index in [4.69, 9.17) is 11.6 Å². The van der Waals surface area contributed by atoms with E-state index in [2.05, 4.69) is 29.0 Å². The smallest absolute Gasteiger partial charge is 0.0723 e. The Labute approximate surface area is 132 Å². The van der Waals surface area contributed by atoms with Gasteiger partial charge in [0.1, 0.15) is 0 Å². The predicted molar refractivity (Wildman–Crippen MR) is 88.6 cm³/mol. The number of hydrogen-bond donors (Lipinski definition) is 1. The monoisotopic (exact) mass is 302 g/mol. The number of piperidine rings is 1. The Bertz CT molecular complexity index is 556. The quantitative estimate of drug-likeness (QED) is 0.801. The van der Waals surface area contributed by atoms with Crippen LogP contribution < -0.4 is 5.32 Å². The number of piperazine rings is 1. The molecule has 2 saturated heterocycles. The van der Waals surface area contributed by atoms with E-state index in [1.54, 1.807) is 0 Å². The van der Waals surface area contributed by atoms with Crippen molar-refractivity contribution in [3.8, 4) is 11.8 Å². The molecule has 3 rings (SSSR count). The first-order chi connectivity index (χ1) is 10.2. The Morgan fingerprint density at radius 3 is 3.19 bits per heavy atom. The number of hydrogen-bond acceptors (Lipinski definition) is 2. The summed E-state index contributed by atoms with van der Waals surface area (Å²) in [5.41, 5.74) is 1.34. The van der Waals surface area contributed by atoms with Crippen LogP contribution in [0.5, 0.6) is 0 Å². The fourth-order valence-corrected chi connectivity index (χ4v) is 3.94. The molecule has 0 spiro atoms. The third-order valence-corrected chi connectivity index (χ3v) is 5.19. The highest BCUT2D eigenvalue weighted by atomic mass is 35.5. The Kier molecular flexibility index (Phi) is 4.54.